The van der Waals surface area contributed by atoms with Crippen LogP contribution in [0.1, 0.15) is 0 Å². The van der Waals surface area contributed by atoms with Crippen LogP contribution in [0.25, 0.3) is 27.5 Å². The van der Waals surface area contributed by atoms with Gasteiger partial charge in [-0.2, -0.15) is 0 Å². The fourth-order valence-electron chi connectivity index (χ4n) is 10.2. The normalized spacial score (nSPS) is 13.6. The van der Waals surface area contributed by atoms with E-state index in [4.69, 9.17) is 4.74 Å². The molecule has 0 N–H and O–H groups in total. The molecule has 248 valence electrons. The van der Waals surface area contributed by atoms with Gasteiger partial charge in [-0.05, 0) is 81.3 Å². The van der Waals surface area contributed by atoms with E-state index in [2.05, 4.69) is 190 Å². The topological polar surface area (TPSA) is 20.6 Å². The summed E-state index contributed by atoms with van der Waals surface area (Å²) >= 11 is 0. The number of rotatable bonds is 4. The molecule has 54 heavy (non-hydrogen) atoms. The fraction of sp³-hybridized carbons (Fsp3) is 0. The van der Waals surface area contributed by atoms with Gasteiger partial charge in [0.05, 0.1) is 0 Å². The Bertz CT molecular complexity index is 3010. The first kappa shape index (κ1) is 28.6. The zero-order valence-corrected chi connectivity index (χ0v) is 29.1. The van der Waals surface area contributed by atoms with E-state index in [1.165, 1.54) is 71.6 Å². The van der Waals surface area contributed by atoms with E-state index in [9.17, 15) is 0 Å². The third-order valence-corrected chi connectivity index (χ3v) is 12.2. The van der Waals surface area contributed by atoms with Crippen molar-refractivity contribution in [1.29, 1.82) is 0 Å². The van der Waals surface area contributed by atoms with Crippen molar-refractivity contribution in [3.05, 3.63) is 176 Å². The Morgan fingerprint density at radius 2 is 1.02 bits per heavy atom. The molecule has 6 heteroatoms. The quantitative estimate of drug-likeness (QED) is 0.177. The smallest absolute Gasteiger partial charge is 0.256 e. The molecule has 0 unspecified atom stereocenters. The molecule has 0 saturated heterocycles. The molecule has 8 aromatic carbocycles. The number of fused-ring (bicyclic) bond motifs is 7. The third kappa shape index (κ3) is 3.55. The molecule has 0 bridgehead atoms. The van der Waals surface area contributed by atoms with Crippen LogP contribution in [0.3, 0.4) is 0 Å². The Morgan fingerprint density at radius 3 is 1.70 bits per heavy atom. The standard InChI is InChI=1S/C48H29B2N3O/c1-4-14-30(15-5-1)51(31-16-6-2-7-17-31)33-26-27-37-42(28-33)54-43-29-41-44-48-45(43)50(37)39-24-13-21-35-34-20-12-23-38(46(34)53(48)47(35)39)49(44)36-22-10-11-25-40(36)52(41)32-18-8-3-9-19-32/h1-29H. The van der Waals surface area contributed by atoms with E-state index >= 15 is 0 Å². The van der Waals surface area contributed by atoms with Gasteiger partial charge in [-0.15, -0.1) is 0 Å². The Kier molecular flexibility index (Phi) is 5.50. The van der Waals surface area contributed by atoms with Crippen LogP contribution in [0, 0.1) is 0 Å². The van der Waals surface area contributed by atoms with E-state index < -0.39 is 0 Å². The number of benzene rings is 8. The van der Waals surface area contributed by atoms with Crippen LogP contribution in [-0.4, -0.2) is 18.0 Å². The highest BCUT2D eigenvalue weighted by Crippen LogP contribution is 2.46. The molecule has 0 saturated carbocycles. The fourth-order valence-corrected chi connectivity index (χ4v) is 10.2. The molecule has 4 aliphatic rings. The van der Waals surface area contributed by atoms with Crippen LogP contribution < -0.4 is 47.3 Å². The van der Waals surface area contributed by atoms with E-state index in [1.54, 1.807) is 0 Å². The maximum absolute atomic E-state index is 7.27. The van der Waals surface area contributed by atoms with Gasteiger partial charge >= 0.3 is 0 Å². The molecule has 0 radical (unpaired) electrons. The van der Waals surface area contributed by atoms with Crippen molar-refractivity contribution < 1.29 is 4.74 Å². The van der Waals surface area contributed by atoms with E-state index in [0.717, 1.165) is 34.2 Å². The lowest BCUT2D eigenvalue weighted by atomic mass is 9.30. The van der Waals surface area contributed by atoms with E-state index in [-0.39, 0.29) is 13.4 Å². The zero-order chi connectivity index (χ0) is 35.1. The van der Waals surface area contributed by atoms with Gasteiger partial charge in [-0.1, -0.05) is 115 Å². The van der Waals surface area contributed by atoms with Crippen LogP contribution in [0.2, 0.25) is 0 Å². The Balaban J connectivity index is 1.13. The average molecular weight is 685 g/mol. The minimum absolute atomic E-state index is 0.0186. The molecule has 0 spiro atoms. The van der Waals surface area contributed by atoms with Crippen molar-refractivity contribution in [2.45, 2.75) is 0 Å². The minimum atomic E-state index is 0.0186. The van der Waals surface area contributed by atoms with Gasteiger partial charge in [0.15, 0.2) is 0 Å². The van der Waals surface area contributed by atoms with Crippen molar-refractivity contribution in [3.63, 3.8) is 0 Å². The second kappa shape index (κ2) is 10.4. The molecule has 0 fully saturated rings. The number of aromatic nitrogens is 1. The lowest BCUT2D eigenvalue weighted by Gasteiger charge is -2.44. The molecule has 13 rings (SSSR count). The Labute approximate surface area is 313 Å². The van der Waals surface area contributed by atoms with Gasteiger partial charge < -0.3 is 19.1 Å². The van der Waals surface area contributed by atoms with Gasteiger partial charge in [0.2, 0.25) is 0 Å². The molecule has 4 aliphatic heterocycles. The SMILES string of the molecule is c1ccc(N(c2ccccc2)c2ccc3c(c2)Oc2cc4c5c6c2B3c2cccc3c7cccc(c7n-6c23)B5c2ccccc2N4c2ccccc2)cc1. The molecular weight excluding hydrogens is 656 g/mol. The summed E-state index contributed by atoms with van der Waals surface area (Å²) in [6.07, 6.45) is 0. The van der Waals surface area contributed by atoms with Gasteiger partial charge in [0.1, 0.15) is 11.5 Å². The van der Waals surface area contributed by atoms with Crippen molar-refractivity contribution in [3.8, 4) is 17.2 Å². The van der Waals surface area contributed by atoms with Gasteiger partial charge in [-0.3, -0.25) is 0 Å². The minimum Gasteiger partial charge on any atom is -0.458 e. The summed E-state index contributed by atoms with van der Waals surface area (Å²) < 4.78 is 9.87. The summed E-state index contributed by atoms with van der Waals surface area (Å²) in [5, 5.41) is 2.62. The van der Waals surface area contributed by atoms with Crippen molar-refractivity contribution in [2.24, 2.45) is 0 Å². The first-order valence-corrected chi connectivity index (χ1v) is 18.8. The van der Waals surface area contributed by atoms with Crippen molar-refractivity contribution in [2.75, 3.05) is 9.80 Å². The van der Waals surface area contributed by atoms with Crippen LogP contribution in [0.5, 0.6) is 11.5 Å². The van der Waals surface area contributed by atoms with Crippen LogP contribution in [0.4, 0.5) is 34.1 Å². The number of anilines is 6. The summed E-state index contributed by atoms with van der Waals surface area (Å²) in [7, 11) is 0. The molecule has 0 amide bonds. The molecule has 1 aromatic heterocycles. The maximum atomic E-state index is 7.27. The summed E-state index contributed by atoms with van der Waals surface area (Å²) in [5.41, 5.74) is 18.6. The summed E-state index contributed by atoms with van der Waals surface area (Å²) in [5.74, 6) is 1.82. The third-order valence-electron chi connectivity index (χ3n) is 12.2. The van der Waals surface area contributed by atoms with E-state index in [1.807, 2.05) is 0 Å². The predicted molar refractivity (Wildman–Crippen MR) is 226 cm³/mol. The molecule has 0 aliphatic carbocycles. The Hall–Kier alpha value is -6.91. The lowest BCUT2D eigenvalue weighted by molar-refractivity contribution is 0.487. The second-order valence-electron chi connectivity index (χ2n) is 14.8. The number of para-hydroxylation sites is 6. The van der Waals surface area contributed by atoms with Crippen molar-refractivity contribution in [1.82, 2.24) is 4.57 Å². The second-order valence-corrected chi connectivity index (χ2v) is 14.8. The van der Waals surface area contributed by atoms with Crippen molar-refractivity contribution >= 4 is 102 Å². The monoisotopic (exact) mass is 685 g/mol. The van der Waals surface area contributed by atoms with E-state index in [0.29, 0.717) is 0 Å². The molecule has 5 heterocycles. The van der Waals surface area contributed by atoms with Gasteiger partial charge in [0.25, 0.3) is 13.4 Å². The highest BCUT2D eigenvalue weighted by atomic mass is 16.5. The van der Waals surface area contributed by atoms with Gasteiger partial charge in [-0.25, -0.2) is 0 Å². The molecular formula is C48H29B2N3O. The van der Waals surface area contributed by atoms with Gasteiger partial charge in [0, 0.05) is 73.8 Å². The molecule has 0 atom stereocenters. The highest BCUT2D eigenvalue weighted by molar-refractivity contribution is 7.04. The molecule has 9 aromatic rings. The summed E-state index contributed by atoms with van der Waals surface area (Å²) in [4.78, 5) is 4.77. The van der Waals surface area contributed by atoms with Crippen LogP contribution in [0.15, 0.2) is 176 Å². The number of nitrogens with zero attached hydrogens (tertiary/aromatic N) is 3. The summed E-state index contributed by atoms with van der Waals surface area (Å²) in [6.45, 7) is 0.110. The lowest BCUT2D eigenvalue weighted by Crippen LogP contribution is -2.66. The van der Waals surface area contributed by atoms with Crippen LogP contribution >= 0.6 is 0 Å². The number of hydrogen-bond donors (Lipinski definition) is 0. The first-order chi connectivity index (χ1) is 26.8. The average Bonchev–Trinajstić information content (AvgIpc) is 3.58. The number of ether oxygens (including phenoxy) is 1. The number of hydrogen-bond acceptors (Lipinski definition) is 3. The summed E-state index contributed by atoms with van der Waals surface area (Å²) in [6, 6.07) is 64.1. The largest absolute Gasteiger partial charge is 0.458 e. The van der Waals surface area contributed by atoms with Crippen LogP contribution in [-0.2, 0) is 0 Å². The maximum Gasteiger partial charge on any atom is 0.256 e. The predicted octanol–water partition coefficient (Wildman–Crippen LogP) is 7.80. The Morgan fingerprint density at radius 1 is 0.426 bits per heavy atom. The zero-order valence-electron chi connectivity index (χ0n) is 29.1. The highest BCUT2D eigenvalue weighted by Gasteiger charge is 2.49. The molecule has 4 nitrogen and oxygen atoms in total. The first-order valence-electron chi connectivity index (χ1n) is 18.8.